The second-order valence-corrected chi connectivity index (χ2v) is 7.14. The molecule has 0 bridgehead atoms. The number of esters is 1. The van der Waals surface area contributed by atoms with Gasteiger partial charge in [0.25, 0.3) is 0 Å². The summed E-state index contributed by atoms with van der Waals surface area (Å²) in [6.07, 6.45) is 0.854. The van der Waals surface area contributed by atoms with E-state index in [9.17, 15) is 4.79 Å². The molecule has 0 radical (unpaired) electrons. The van der Waals surface area contributed by atoms with Crippen molar-refractivity contribution in [1.29, 1.82) is 0 Å². The Labute approximate surface area is 172 Å². The maximum absolute atomic E-state index is 11.6. The van der Waals surface area contributed by atoms with E-state index in [1.165, 1.54) is 0 Å². The molecule has 1 unspecified atom stereocenters. The summed E-state index contributed by atoms with van der Waals surface area (Å²) in [5, 5.41) is 8.35. The van der Waals surface area contributed by atoms with Crippen molar-refractivity contribution in [1.82, 2.24) is 10.2 Å². The van der Waals surface area contributed by atoms with E-state index in [1.807, 2.05) is 12.1 Å². The van der Waals surface area contributed by atoms with E-state index >= 15 is 0 Å². The minimum absolute atomic E-state index is 0.0821. The van der Waals surface area contributed by atoms with Crippen LogP contribution in [0.3, 0.4) is 0 Å². The maximum atomic E-state index is 11.6. The zero-order chi connectivity index (χ0) is 19.1. The lowest BCUT2D eigenvalue weighted by atomic mass is 10.2. The van der Waals surface area contributed by atoms with Crippen LogP contribution in [0.2, 0.25) is 0 Å². The lowest BCUT2D eigenvalue weighted by Gasteiger charge is -2.33. The van der Waals surface area contributed by atoms with E-state index in [0.717, 1.165) is 34.8 Å². The molecule has 1 atom stereocenters. The van der Waals surface area contributed by atoms with Crippen molar-refractivity contribution < 1.29 is 19.0 Å². The summed E-state index contributed by atoms with van der Waals surface area (Å²) < 4.78 is 17.5. The Kier molecular flexibility index (Phi) is 7.22. The molecule has 27 heavy (non-hydrogen) atoms. The number of nitrogens with zero attached hydrogens (tertiary/aromatic N) is 3. The summed E-state index contributed by atoms with van der Waals surface area (Å²) in [6, 6.07) is 10.9. The lowest BCUT2D eigenvalue weighted by Crippen LogP contribution is -2.43. The predicted molar refractivity (Wildman–Crippen MR) is 109 cm³/mol. The summed E-state index contributed by atoms with van der Waals surface area (Å²) >= 11 is 2.15. The molecule has 0 saturated carbocycles. The van der Waals surface area contributed by atoms with E-state index in [-0.39, 0.29) is 12.1 Å². The molecule has 0 N–H and O–H groups in total. The van der Waals surface area contributed by atoms with Crippen molar-refractivity contribution in [3.05, 3.63) is 45.7 Å². The number of benzene rings is 1. The molecule has 144 valence electrons. The number of hydrogen-bond acceptors (Lipinski definition) is 7. The summed E-state index contributed by atoms with van der Waals surface area (Å²) in [5.41, 5.74) is 0.522. The highest BCUT2D eigenvalue weighted by Crippen LogP contribution is 2.18. The number of morpholine rings is 1. The van der Waals surface area contributed by atoms with Crippen LogP contribution >= 0.6 is 22.6 Å². The lowest BCUT2D eigenvalue weighted by molar-refractivity contribution is 0.0266. The molecule has 3 rings (SSSR count). The first-order valence-corrected chi connectivity index (χ1v) is 9.99. The van der Waals surface area contributed by atoms with Crippen LogP contribution in [0.4, 0.5) is 5.82 Å². The molecule has 7 nitrogen and oxygen atoms in total. The normalized spacial score (nSPS) is 16.8. The number of ether oxygens (including phenoxy) is 3. The Bertz CT molecular complexity index is 740. The van der Waals surface area contributed by atoms with Gasteiger partial charge in [-0.1, -0.05) is 0 Å². The van der Waals surface area contributed by atoms with Crippen LogP contribution in [0, 0.1) is 3.70 Å². The van der Waals surface area contributed by atoms with Gasteiger partial charge in [0.2, 0.25) is 0 Å². The number of halogens is 1. The monoisotopic (exact) mass is 483 g/mol. The van der Waals surface area contributed by atoms with Gasteiger partial charge in [0.1, 0.15) is 9.45 Å². The van der Waals surface area contributed by atoms with Crippen LogP contribution in [0.1, 0.15) is 23.7 Å². The zero-order valence-corrected chi connectivity index (χ0v) is 17.3. The van der Waals surface area contributed by atoms with Crippen LogP contribution in [-0.4, -0.2) is 55.2 Å². The SMILES string of the molecule is CCOC(=O)c1ccc(OCCC2CN(c3ccc(I)nn3)CCO2)cc1. The van der Waals surface area contributed by atoms with Crippen molar-refractivity contribution in [3.8, 4) is 5.75 Å². The quantitative estimate of drug-likeness (QED) is 0.443. The third kappa shape index (κ3) is 5.77. The predicted octanol–water partition coefficient (Wildman–Crippen LogP) is 2.93. The molecule has 0 spiro atoms. The highest BCUT2D eigenvalue weighted by molar-refractivity contribution is 14.1. The van der Waals surface area contributed by atoms with Crippen LogP contribution < -0.4 is 9.64 Å². The average Bonchev–Trinajstić information content (AvgIpc) is 2.69. The maximum Gasteiger partial charge on any atom is 0.338 e. The van der Waals surface area contributed by atoms with E-state index in [4.69, 9.17) is 14.2 Å². The van der Waals surface area contributed by atoms with E-state index in [0.29, 0.717) is 25.4 Å². The smallest absolute Gasteiger partial charge is 0.338 e. The van der Waals surface area contributed by atoms with Crippen LogP contribution in [0.5, 0.6) is 5.75 Å². The fraction of sp³-hybridized carbons (Fsp3) is 0.421. The molecule has 1 aromatic heterocycles. The summed E-state index contributed by atoms with van der Waals surface area (Å²) in [6.45, 7) is 4.92. The molecule has 1 aliphatic heterocycles. The zero-order valence-electron chi connectivity index (χ0n) is 15.1. The first kappa shape index (κ1) is 19.8. The van der Waals surface area contributed by atoms with Crippen molar-refractivity contribution >= 4 is 34.4 Å². The van der Waals surface area contributed by atoms with E-state index in [2.05, 4.69) is 37.7 Å². The van der Waals surface area contributed by atoms with Crippen molar-refractivity contribution in [2.75, 3.05) is 37.8 Å². The Balaban J connectivity index is 1.46. The van der Waals surface area contributed by atoms with Crippen LogP contribution in [-0.2, 0) is 9.47 Å². The van der Waals surface area contributed by atoms with E-state index < -0.39 is 0 Å². The Morgan fingerprint density at radius 3 is 2.78 bits per heavy atom. The fourth-order valence-corrected chi connectivity index (χ4v) is 3.08. The number of anilines is 1. The van der Waals surface area contributed by atoms with Crippen molar-refractivity contribution in [2.24, 2.45) is 0 Å². The van der Waals surface area contributed by atoms with Gasteiger partial charge in [0.05, 0.1) is 31.5 Å². The van der Waals surface area contributed by atoms with Crippen molar-refractivity contribution in [2.45, 2.75) is 19.4 Å². The minimum Gasteiger partial charge on any atom is -0.493 e. The third-order valence-electron chi connectivity index (χ3n) is 4.15. The van der Waals surface area contributed by atoms with Crippen LogP contribution in [0.15, 0.2) is 36.4 Å². The summed E-state index contributed by atoms with van der Waals surface area (Å²) in [7, 11) is 0. The van der Waals surface area contributed by atoms with E-state index in [1.54, 1.807) is 31.2 Å². The van der Waals surface area contributed by atoms with Gasteiger partial charge in [0.15, 0.2) is 5.82 Å². The van der Waals surface area contributed by atoms with Gasteiger partial charge in [-0.05, 0) is 65.9 Å². The molecule has 0 amide bonds. The number of carbonyl (C=O) groups is 1. The standard InChI is InChI=1S/C19H22IN3O4/c1-2-25-19(24)14-3-5-15(6-4-14)26-11-9-16-13-23(10-12-27-16)18-8-7-17(20)21-22-18/h3-8,16H,2,9-13H2,1H3. The highest BCUT2D eigenvalue weighted by Gasteiger charge is 2.21. The Morgan fingerprint density at radius 1 is 1.26 bits per heavy atom. The van der Waals surface area contributed by atoms with Gasteiger partial charge in [-0.2, -0.15) is 0 Å². The number of rotatable bonds is 7. The number of carbonyl (C=O) groups excluding carboxylic acids is 1. The van der Waals surface area contributed by atoms with Gasteiger partial charge < -0.3 is 19.1 Å². The van der Waals surface area contributed by atoms with Gasteiger partial charge in [-0.15, -0.1) is 10.2 Å². The molecule has 2 aromatic rings. The summed E-state index contributed by atoms with van der Waals surface area (Å²) in [4.78, 5) is 13.8. The Morgan fingerprint density at radius 2 is 2.07 bits per heavy atom. The Hall–Kier alpha value is -1.94. The van der Waals surface area contributed by atoms with Gasteiger partial charge >= 0.3 is 5.97 Å². The molecule has 1 saturated heterocycles. The van der Waals surface area contributed by atoms with Gasteiger partial charge in [-0.3, -0.25) is 0 Å². The molecule has 1 fully saturated rings. The van der Waals surface area contributed by atoms with Gasteiger partial charge in [-0.25, -0.2) is 4.79 Å². The number of hydrogen-bond donors (Lipinski definition) is 0. The third-order valence-corrected chi connectivity index (χ3v) is 4.73. The average molecular weight is 483 g/mol. The molecule has 1 aromatic carbocycles. The molecule has 2 heterocycles. The summed E-state index contributed by atoms with van der Waals surface area (Å²) in [5.74, 6) is 1.27. The molecule has 8 heteroatoms. The fourth-order valence-electron chi connectivity index (χ4n) is 2.79. The highest BCUT2D eigenvalue weighted by atomic mass is 127. The minimum atomic E-state index is -0.321. The second kappa shape index (κ2) is 9.84. The first-order valence-electron chi connectivity index (χ1n) is 8.91. The first-order chi connectivity index (χ1) is 13.2. The second-order valence-electron chi connectivity index (χ2n) is 6.04. The molecular weight excluding hydrogens is 461 g/mol. The van der Waals surface area contributed by atoms with Crippen LogP contribution in [0.25, 0.3) is 0 Å². The topological polar surface area (TPSA) is 73.8 Å². The molecule has 1 aliphatic rings. The number of aromatic nitrogens is 2. The van der Waals surface area contributed by atoms with Crippen molar-refractivity contribution in [3.63, 3.8) is 0 Å². The molecule has 0 aliphatic carbocycles. The van der Waals surface area contributed by atoms with Gasteiger partial charge in [0, 0.05) is 19.5 Å². The molecular formula is C19H22IN3O4. The largest absolute Gasteiger partial charge is 0.493 e.